The Kier molecular flexibility index (Phi) is 5.16. The van der Waals surface area contributed by atoms with Gasteiger partial charge < -0.3 is 19.8 Å². The van der Waals surface area contributed by atoms with Gasteiger partial charge in [-0.1, -0.05) is 43.2 Å². The number of carboxylic acids is 2. The third kappa shape index (κ3) is 4.06. The van der Waals surface area contributed by atoms with Gasteiger partial charge in [0.15, 0.2) is 5.82 Å². The molecule has 0 atom stereocenters. The lowest BCUT2D eigenvalue weighted by molar-refractivity contribution is -0.137. The highest BCUT2D eigenvalue weighted by Gasteiger charge is 2.26. The van der Waals surface area contributed by atoms with Gasteiger partial charge in [-0.2, -0.15) is 0 Å². The van der Waals surface area contributed by atoms with E-state index in [9.17, 15) is 19.8 Å². The summed E-state index contributed by atoms with van der Waals surface area (Å²) in [5.41, 5.74) is 2.56. The number of carboxylic acid groups (broad SMARTS) is 2. The Balaban J connectivity index is 1.86. The molecule has 3 N–H and O–H groups in total. The van der Waals surface area contributed by atoms with Crippen molar-refractivity contribution in [1.29, 1.82) is 0 Å². The van der Waals surface area contributed by atoms with E-state index in [0.29, 0.717) is 28.7 Å². The van der Waals surface area contributed by atoms with Crippen molar-refractivity contribution in [2.45, 2.75) is 44.6 Å². The summed E-state index contributed by atoms with van der Waals surface area (Å²) >= 11 is 0. The van der Waals surface area contributed by atoms with Crippen LogP contribution in [-0.2, 0) is 22.4 Å². The molecular weight excluding hydrogens is 372 g/mol. The molecule has 0 bridgehead atoms. The lowest BCUT2D eigenvalue weighted by atomic mass is 10.1. The molecule has 8 heteroatoms. The van der Waals surface area contributed by atoms with E-state index in [2.05, 4.69) is 15.0 Å². The molecule has 2 heterocycles. The third-order valence-electron chi connectivity index (χ3n) is 5.17. The number of carbonyl (C=O) groups is 2. The van der Waals surface area contributed by atoms with Crippen molar-refractivity contribution in [3.8, 4) is 22.8 Å². The van der Waals surface area contributed by atoms with Crippen LogP contribution in [0.15, 0.2) is 36.5 Å². The van der Waals surface area contributed by atoms with Crippen LogP contribution in [0.4, 0.5) is 0 Å². The second-order valence-electron chi connectivity index (χ2n) is 7.32. The third-order valence-corrected chi connectivity index (χ3v) is 5.17. The van der Waals surface area contributed by atoms with E-state index < -0.39 is 11.9 Å². The van der Waals surface area contributed by atoms with Crippen LogP contribution in [0, 0.1) is 0 Å². The van der Waals surface area contributed by atoms with Gasteiger partial charge in [-0.15, -0.1) is 0 Å². The molecule has 1 saturated carbocycles. The molecule has 2 aromatic heterocycles. The van der Waals surface area contributed by atoms with Gasteiger partial charge in [0.25, 0.3) is 0 Å². The molecule has 1 fully saturated rings. The largest absolute Gasteiger partial charge is 0.481 e. The number of aliphatic carboxylic acids is 2. The van der Waals surface area contributed by atoms with Crippen molar-refractivity contribution in [3.05, 3.63) is 48.0 Å². The summed E-state index contributed by atoms with van der Waals surface area (Å²) in [5, 5.41) is 18.4. The minimum absolute atomic E-state index is 0.163. The fourth-order valence-corrected chi connectivity index (χ4v) is 3.95. The second-order valence-corrected chi connectivity index (χ2v) is 7.32. The van der Waals surface area contributed by atoms with Crippen LogP contribution < -0.4 is 0 Å². The van der Waals surface area contributed by atoms with E-state index in [0.717, 1.165) is 31.2 Å². The first-order valence-electron chi connectivity index (χ1n) is 9.67. The number of hydrogen-bond acceptors (Lipinski definition) is 4. The van der Waals surface area contributed by atoms with E-state index in [1.54, 1.807) is 0 Å². The summed E-state index contributed by atoms with van der Waals surface area (Å²) in [5.74, 6) is -0.967. The van der Waals surface area contributed by atoms with Crippen molar-refractivity contribution in [2.24, 2.45) is 0 Å². The number of imidazole rings is 2. The summed E-state index contributed by atoms with van der Waals surface area (Å²) in [6.45, 7) is 0. The summed E-state index contributed by atoms with van der Waals surface area (Å²) in [4.78, 5) is 34.7. The Morgan fingerprint density at radius 1 is 1.03 bits per heavy atom. The zero-order valence-electron chi connectivity index (χ0n) is 15.8. The van der Waals surface area contributed by atoms with Crippen molar-refractivity contribution >= 4 is 11.9 Å². The Bertz CT molecular complexity index is 1030. The molecule has 0 amide bonds. The quantitative estimate of drug-likeness (QED) is 0.565. The highest BCUT2D eigenvalue weighted by atomic mass is 16.4. The number of hydrogen-bond donors (Lipinski definition) is 3. The Morgan fingerprint density at radius 3 is 2.38 bits per heavy atom. The fourth-order valence-electron chi connectivity index (χ4n) is 3.95. The normalized spacial score (nSPS) is 14.3. The average Bonchev–Trinajstić information content (AvgIpc) is 3.40. The lowest BCUT2D eigenvalue weighted by Crippen LogP contribution is -2.06. The van der Waals surface area contributed by atoms with Gasteiger partial charge in [0.1, 0.15) is 17.9 Å². The number of aromatic amines is 1. The summed E-state index contributed by atoms with van der Waals surface area (Å²) in [7, 11) is 0. The van der Waals surface area contributed by atoms with E-state index >= 15 is 0 Å². The van der Waals surface area contributed by atoms with Gasteiger partial charge in [-0.3, -0.25) is 9.59 Å². The smallest absolute Gasteiger partial charge is 0.311 e. The summed E-state index contributed by atoms with van der Waals surface area (Å²) < 4.78 is 2.04. The molecule has 1 aromatic carbocycles. The van der Waals surface area contributed by atoms with Crippen molar-refractivity contribution in [1.82, 2.24) is 19.5 Å². The average molecular weight is 394 g/mol. The zero-order valence-corrected chi connectivity index (χ0v) is 15.8. The topological polar surface area (TPSA) is 121 Å². The summed E-state index contributed by atoms with van der Waals surface area (Å²) in [6.07, 6.45) is 5.67. The molecule has 0 aliphatic heterocycles. The van der Waals surface area contributed by atoms with Crippen LogP contribution in [0.1, 0.15) is 43.2 Å². The maximum Gasteiger partial charge on any atom is 0.311 e. The molecule has 0 saturated heterocycles. The highest BCUT2D eigenvalue weighted by molar-refractivity contribution is 5.77. The van der Waals surface area contributed by atoms with Crippen molar-refractivity contribution in [2.75, 3.05) is 0 Å². The Morgan fingerprint density at radius 2 is 1.72 bits per heavy atom. The van der Waals surface area contributed by atoms with E-state index in [1.807, 2.05) is 41.1 Å². The number of nitrogens with one attached hydrogen (secondary N) is 1. The van der Waals surface area contributed by atoms with Crippen molar-refractivity contribution < 1.29 is 19.8 Å². The number of nitrogens with zero attached hydrogens (tertiary/aromatic N) is 3. The molecule has 3 aromatic rings. The Hall–Kier alpha value is -3.42. The Labute approximate surface area is 167 Å². The predicted octanol–water partition coefficient (Wildman–Crippen LogP) is 3.31. The predicted molar refractivity (Wildman–Crippen MR) is 105 cm³/mol. The van der Waals surface area contributed by atoms with Crippen molar-refractivity contribution in [3.63, 3.8) is 0 Å². The molecule has 0 radical (unpaired) electrons. The minimum atomic E-state index is -0.976. The number of benzene rings is 1. The van der Waals surface area contributed by atoms with Gasteiger partial charge in [0, 0.05) is 17.8 Å². The summed E-state index contributed by atoms with van der Waals surface area (Å²) in [6, 6.07) is 9.75. The molecule has 150 valence electrons. The van der Waals surface area contributed by atoms with E-state index in [1.165, 1.54) is 0 Å². The van der Waals surface area contributed by atoms with E-state index in [4.69, 9.17) is 0 Å². The van der Waals surface area contributed by atoms with Crippen LogP contribution in [-0.4, -0.2) is 41.7 Å². The number of H-pyrrole nitrogens is 1. The molecule has 1 aliphatic carbocycles. The van der Waals surface area contributed by atoms with E-state index in [-0.39, 0.29) is 18.9 Å². The van der Waals surface area contributed by atoms with Crippen LogP contribution in [0.5, 0.6) is 0 Å². The maximum absolute atomic E-state index is 11.2. The molecule has 0 unspecified atom stereocenters. The molecule has 29 heavy (non-hydrogen) atoms. The monoisotopic (exact) mass is 394 g/mol. The fraction of sp³-hybridized carbons (Fsp3) is 0.333. The molecular formula is C21H22N4O4. The number of aromatic nitrogens is 4. The van der Waals surface area contributed by atoms with Crippen LogP contribution in [0.2, 0.25) is 0 Å². The van der Waals surface area contributed by atoms with Gasteiger partial charge >= 0.3 is 11.9 Å². The van der Waals surface area contributed by atoms with Crippen LogP contribution >= 0.6 is 0 Å². The van der Waals surface area contributed by atoms with Gasteiger partial charge in [-0.05, 0) is 12.8 Å². The first kappa shape index (κ1) is 18.9. The van der Waals surface area contributed by atoms with Gasteiger partial charge in [0.05, 0.1) is 17.8 Å². The maximum atomic E-state index is 11.2. The zero-order chi connectivity index (χ0) is 20.4. The lowest BCUT2D eigenvalue weighted by Gasteiger charge is -2.14. The number of rotatable bonds is 7. The van der Waals surface area contributed by atoms with Gasteiger partial charge in [0.2, 0.25) is 0 Å². The molecule has 8 nitrogen and oxygen atoms in total. The minimum Gasteiger partial charge on any atom is -0.481 e. The molecule has 0 spiro atoms. The standard InChI is InChI=1S/C21H22N4O4/c26-17(27)10-14-12-25(15-8-4-5-9-15)21(22-14)20-19(13-6-2-1-3-7-13)23-16(24-20)11-18(28)29/h1-3,6-7,12,15H,4-5,8-11H2,(H,23,24)(H,26,27)(H,28,29). The van der Waals surface area contributed by atoms with Crippen LogP contribution in [0.3, 0.4) is 0 Å². The SMILES string of the molecule is O=C(O)Cc1cn(C2CCCC2)c(-c2[nH]c(CC(=O)O)nc2-c2ccccc2)n1. The van der Waals surface area contributed by atoms with Gasteiger partial charge in [-0.25, -0.2) is 9.97 Å². The molecule has 4 rings (SSSR count). The second kappa shape index (κ2) is 7.90. The first-order valence-corrected chi connectivity index (χ1v) is 9.67. The first-order chi connectivity index (χ1) is 14.0. The highest BCUT2D eigenvalue weighted by Crippen LogP contribution is 2.36. The van der Waals surface area contributed by atoms with Crippen LogP contribution in [0.25, 0.3) is 22.8 Å². The molecule has 1 aliphatic rings.